The van der Waals surface area contributed by atoms with E-state index < -0.39 is 29.9 Å². The number of nitrogens with one attached hydrogen (secondary N) is 2. The lowest BCUT2D eigenvalue weighted by molar-refractivity contribution is -0.137. The largest absolute Gasteiger partial charge is 0.465 e. The third kappa shape index (κ3) is 3.51. The van der Waals surface area contributed by atoms with Crippen LogP contribution in [0, 0.1) is 0 Å². The second-order valence-corrected chi connectivity index (χ2v) is 5.44. The van der Waals surface area contributed by atoms with E-state index in [0.717, 1.165) is 12.1 Å². The van der Waals surface area contributed by atoms with Crippen LogP contribution in [0.2, 0.25) is 0 Å². The van der Waals surface area contributed by atoms with Crippen molar-refractivity contribution in [3.8, 4) is 0 Å². The van der Waals surface area contributed by atoms with Gasteiger partial charge >= 0.3 is 12.3 Å². The predicted octanol–water partition coefficient (Wildman–Crippen LogP) is 3.09. The summed E-state index contributed by atoms with van der Waals surface area (Å²) in [5, 5.41) is 13.4. The van der Waals surface area contributed by atoms with E-state index in [2.05, 4.69) is 10.3 Å². The number of hydrogen-bond acceptors (Lipinski definition) is 3. The van der Waals surface area contributed by atoms with E-state index in [-0.39, 0.29) is 5.71 Å². The number of anilines is 1. The molecule has 2 aromatic rings. The molecule has 3 N–H and O–H groups in total. The molecule has 1 unspecified atom stereocenters. The second-order valence-electron chi connectivity index (χ2n) is 5.44. The third-order valence-corrected chi connectivity index (χ3v) is 3.69. The molecule has 134 valence electrons. The molecule has 0 bridgehead atoms. The number of carbonyl (C=O) groups excluding carboxylic acids is 1. The minimum absolute atomic E-state index is 0.200. The molecule has 3 rings (SSSR count). The number of carbonyl (C=O) groups is 2. The molecule has 9 heteroatoms. The number of hydrogen-bond donors (Lipinski definition) is 3. The topological polar surface area (TPSA) is 90.8 Å². The Morgan fingerprint density at radius 2 is 1.77 bits per heavy atom. The van der Waals surface area contributed by atoms with E-state index in [1.165, 1.54) is 12.1 Å². The van der Waals surface area contributed by atoms with Crippen LogP contribution in [0.4, 0.5) is 23.7 Å². The van der Waals surface area contributed by atoms with Crippen LogP contribution < -0.4 is 10.6 Å². The summed E-state index contributed by atoms with van der Waals surface area (Å²) in [7, 11) is 0. The Hall–Kier alpha value is -3.36. The average molecular weight is 363 g/mol. The molecule has 0 saturated heterocycles. The molecule has 1 atom stereocenters. The number of para-hydroxylation sites is 1. The first-order valence-corrected chi connectivity index (χ1v) is 7.41. The van der Waals surface area contributed by atoms with Crippen LogP contribution in [0.1, 0.15) is 16.7 Å². The fourth-order valence-electron chi connectivity index (χ4n) is 2.52. The molecule has 1 heterocycles. The fourth-order valence-corrected chi connectivity index (χ4v) is 2.52. The standard InChI is InChI=1S/C17H12F3N3O3/c18-17(19,20)10-7-5-9(6-8-10)13-11-3-1-2-4-12(11)21-15(24)14(22-13)23-16(25)26/h1-8,14,23H,(H,21,24)(H,25,26). The zero-order valence-electron chi connectivity index (χ0n) is 13.0. The molecule has 2 aromatic carbocycles. The molecule has 1 aliphatic rings. The van der Waals surface area contributed by atoms with Crippen LogP contribution in [0.15, 0.2) is 53.5 Å². The molecule has 1 aliphatic heterocycles. The number of halogens is 3. The number of benzene rings is 2. The zero-order valence-corrected chi connectivity index (χ0v) is 13.0. The molecule has 2 amide bonds. The summed E-state index contributed by atoms with van der Waals surface area (Å²) in [6.07, 6.45) is -7.36. The monoisotopic (exact) mass is 363 g/mol. The summed E-state index contributed by atoms with van der Waals surface area (Å²) in [6, 6.07) is 10.8. The van der Waals surface area contributed by atoms with Gasteiger partial charge in [-0.1, -0.05) is 30.3 Å². The van der Waals surface area contributed by atoms with Gasteiger partial charge in [-0.05, 0) is 18.2 Å². The summed E-state index contributed by atoms with van der Waals surface area (Å²) < 4.78 is 38.3. The lowest BCUT2D eigenvalue weighted by Crippen LogP contribution is -2.41. The van der Waals surface area contributed by atoms with E-state index in [1.54, 1.807) is 24.3 Å². The number of alkyl halides is 3. The van der Waals surface area contributed by atoms with E-state index in [4.69, 9.17) is 5.11 Å². The Kier molecular flexibility index (Phi) is 4.37. The average Bonchev–Trinajstić information content (AvgIpc) is 2.71. The highest BCUT2D eigenvalue weighted by atomic mass is 19.4. The Balaban J connectivity index is 2.11. The third-order valence-electron chi connectivity index (χ3n) is 3.69. The number of amides is 2. The second kappa shape index (κ2) is 6.51. The summed E-state index contributed by atoms with van der Waals surface area (Å²) in [4.78, 5) is 27.2. The van der Waals surface area contributed by atoms with E-state index in [0.29, 0.717) is 16.8 Å². The van der Waals surface area contributed by atoms with Crippen LogP contribution in [-0.2, 0) is 11.0 Å². The quantitative estimate of drug-likeness (QED) is 0.766. The van der Waals surface area contributed by atoms with Gasteiger partial charge in [0.1, 0.15) is 0 Å². The fraction of sp³-hybridized carbons (Fsp3) is 0.118. The van der Waals surface area contributed by atoms with Gasteiger partial charge in [0.15, 0.2) is 0 Å². The zero-order chi connectivity index (χ0) is 18.9. The summed E-state index contributed by atoms with van der Waals surface area (Å²) in [5.41, 5.74) is 0.546. The van der Waals surface area contributed by atoms with Crippen molar-refractivity contribution < 1.29 is 27.9 Å². The first-order chi connectivity index (χ1) is 12.3. The van der Waals surface area contributed by atoms with E-state index in [9.17, 15) is 22.8 Å². The van der Waals surface area contributed by atoms with Gasteiger partial charge in [0.2, 0.25) is 6.17 Å². The normalized spacial score (nSPS) is 16.8. The van der Waals surface area contributed by atoms with Crippen molar-refractivity contribution in [3.63, 3.8) is 0 Å². The van der Waals surface area contributed by atoms with Gasteiger partial charge in [-0.3, -0.25) is 10.1 Å². The summed E-state index contributed by atoms with van der Waals surface area (Å²) in [6.45, 7) is 0. The Bertz CT molecular complexity index is 892. The molecule has 0 fully saturated rings. The molecular weight excluding hydrogens is 351 g/mol. The summed E-state index contributed by atoms with van der Waals surface area (Å²) in [5.74, 6) is -0.693. The van der Waals surface area contributed by atoms with Crippen molar-refractivity contribution in [2.24, 2.45) is 4.99 Å². The predicted molar refractivity (Wildman–Crippen MR) is 87.1 cm³/mol. The Morgan fingerprint density at radius 3 is 2.38 bits per heavy atom. The van der Waals surface area contributed by atoms with Crippen molar-refractivity contribution in [1.82, 2.24) is 5.32 Å². The molecular formula is C17H12F3N3O3. The van der Waals surface area contributed by atoms with E-state index in [1.807, 2.05) is 5.32 Å². The highest BCUT2D eigenvalue weighted by molar-refractivity contribution is 6.19. The first-order valence-electron chi connectivity index (χ1n) is 7.41. The molecule has 0 aromatic heterocycles. The van der Waals surface area contributed by atoms with Crippen molar-refractivity contribution >= 4 is 23.4 Å². The van der Waals surface area contributed by atoms with Gasteiger partial charge in [-0.25, -0.2) is 9.79 Å². The lowest BCUT2D eigenvalue weighted by atomic mass is 9.99. The van der Waals surface area contributed by atoms with Crippen molar-refractivity contribution in [2.45, 2.75) is 12.3 Å². The van der Waals surface area contributed by atoms with Crippen molar-refractivity contribution in [1.29, 1.82) is 0 Å². The Labute approximate surface area is 145 Å². The van der Waals surface area contributed by atoms with Crippen molar-refractivity contribution in [3.05, 3.63) is 65.2 Å². The number of nitrogens with zero attached hydrogens (tertiary/aromatic N) is 1. The number of carboxylic acid groups (broad SMARTS) is 1. The lowest BCUT2D eigenvalue weighted by Gasteiger charge is -2.12. The van der Waals surface area contributed by atoms with Crippen LogP contribution in [0.3, 0.4) is 0 Å². The van der Waals surface area contributed by atoms with Gasteiger partial charge in [0.25, 0.3) is 5.91 Å². The van der Waals surface area contributed by atoms with Gasteiger partial charge in [0.05, 0.1) is 17.0 Å². The maximum absolute atomic E-state index is 12.8. The maximum Gasteiger partial charge on any atom is 0.416 e. The highest BCUT2D eigenvalue weighted by Gasteiger charge is 2.31. The number of rotatable bonds is 2. The van der Waals surface area contributed by atoms with E-state index >= 15 is 0 Å². The first kappa shape index (κ1) is 17.5. The van der Waals surface area contributed by atoms with Crippen LogP contribution in [-0.4, -0.2) is 29.0 Å². The number of benzodiazepines with no additional fused rings is 1. The van der Waals surface area contributed by atoms with Gasteiger partial charge < -0.3 is 10.4 Å². The van der Waals surface area contributed by atoms with Crippen LogP contribution in [0.25, 0.3) is 0 Å². The van der Waals surface area contributed by atoms with Crippen molar-refractivity contribution in [2.75, 3.05) is 5.32 Å². The molecule has 26 heavy (non-hydrogen) atoms. The maximum atomic E-state index is 12.8. The van der Waals surface area contributed by atoms with Gasteiger partial charge in [-0.15, -0.1) is 0 Å². The number of aliphatic imine (C=N–C) groups is 1. The van der Waals surface area contributed by atoms with Gasteiger partial charge in [-0.2, -0.15) is 13.2 Å². The molecule has 6 nitrogen and oxygen atoms in total. The molecule has 0 saturated carbocycles. The van der Waals surface area contributed by atoms with Gasteiger partial charge in [0, 0.05) is 11.1 Å². The highest BCUT2D eigenvalue weighted by Crippen LogP contribution is 2.30. The molecule has 0 radical (unpaired) electrons. The number of fused-ring (bicyclic) bond motifs is 1. The minimum Gasteiger partial charge on any atom is -0.465 e. The SMILES string of the molecule is O=C(O)NC1N=C(c2ccc(C(F)(F)F)cc2)c2ccccc2NC1=O. The minimum atomic E-state index is -4.48. The van der Waals surface area contributed by atoms with Crippen LogP contribution in [0.5, 0.6) is 0 Å². The van der Waals surface area contributed by atoms with Crippen LogP contribution >= 0.6 is 0 Å². The smallest absolute Gasteiger partial charge is 0.416 e. The summed E-state index contributed by atoms with van der Waals surface area (Å²) >= 11 is 0. The Morgan fingerprint density at radius 1 is 1.12 bits per heavy atom. The molecule has 0 aliphatic carbocycles. The molecule has 0 spiro atoms.